The van der Waals surface area contributed by atoms with E-state index in [1.54, 1.807) is 12.1 Å². The number of carbonyl (C=O) groups excluding carboxylic acids is 1. The van der Waals surface area contributed by atoms with Crippen LogP contribution in [0.25, 0.3) is 0 Å². The van der Waals surface area contributed by atoms with Crippen LogP contribution in [0.3, 0.4) is 0 Å². The van der Waals surface area contributed by atoms with Crippen molar-refractivity contribution >= 4 is 27.5 Å². The van der Waals surface area contributed by atoms with Crippen LogP contribution in [0.2, 0.25) is 0 Å². The molecule has 1 amide bonds. The molecule has 0 saturated carbocycles. The number of hydrogen-bond donors (Lipinski definition) is 5. The summed E-state index contributed by atoms with van der Waals surface area (Å²) < 4.78 is 6.48. The van der Waals surface area contributed by atoms with Crippen molar-refractivity contribution in [1.82, 2.24) is 5.32 Å². The fourth-order valence-corrected chi connectivity index (χ4v) is 2.61. The van der Waals surface area contributed by atoms with E-state index in [0.717, 1.165) is 4.47 Å². The highest BCUT2D eigenvalue weighted by Crippen LogP contribution is 2.23. The van der Waals surface area contributed by atoms with E-state index in [9.17, 15) is 20.1 Å². The maximum Gasteiger partial charge on any atom is 0.217 e. The van der Waals surface area contributed by atoms with Crippen molar-refractivity contribution < 1.29 is 24.9 Å². The zero-order valence-electron chi connectivity index (χ0n) is 11.9. The van der Waals surface area contributed by atoms with Gasteiger partial charge in [0, 0.05) is 17.1 Å². The molecule has 5 atom stereocenters. The van der Waals surface area contributed by atoms with Crippen molar-refractivity contribution in [2.75, 3.05) is 11.9 Å². The summed E-state index contributed by atoms with van der Waals surface area (Å²) >= 11 is 3.33. The van der Waals surface area contributed by atoms with E-state index < -0.39 is 37.2 Å². The average molecular weight is 375 g/mol. The van der Waals surface area contributed by atoms with E-state index in [2.05, 4.69) is 26.6 Å². The molecule has 2 rings (SSSR count). The van der Waals surface area contributed by atoms with Crippen molar-refractivity contribution in [3.8, 4) is 0 Å². The van der Waals surface area contributed by atoms with Crippen LogP contribution in [-0.2, 0) is 9.53 Å². The molecule has 1 heterocycles. The average Bonchev–Trinajstić information content (AvgIpc) is 2.48. The maximum atomic E-state index is 11.3. The van der Waals surface area contributed by atoms with E-state index in [-0.39, 0.29) is 5.91 Å². The van der Waals surface area contributed by atoms with Gasteiger partial charge in [0.2, 0.25) is 5.91 Å². The largest absolute Gasteiger partial charge is 0.394 e. The number of aliphatic hydroxyl groups is 3. The van der Waals surface area contributed by atoms with Crippen molar-refractivity contribution in [3.05, 3.63) is 28.7 Å². The number of nitrogens with one attached hydrogen (secondary N) is 2. The molecular formula is C14H19BrN2O5. The molecule has 0 aliphatic carbocycles. The van der Waals surface area contributed by atoms with Gasteiger partial charge in [0.05, 0.1) is 6.61 Å². The molecule has 122 valence electrons. The number of carbonyl (C=O) groups is 1. The molecule has 7 nitrogen and oxygen atoms in total. The van der Waals surface area contributed by atoms with Crippen LogP contribution < -0.4 is 10.6 Å². The molecule has 1 aliphatic heterocycles. The van der Waals surface area contributed by atoms with E-state index in [1.807, 2.05) is 12.1 Å². The highest BCUT2D eigenvalue weighted by atomic mass is 79.9. The Labute approximate surface area is 136 Å². The van der Waals surface area contributed by atoms with Crippen LogP contribution in [-0.4, -0.2) is 58.4 Å². The molecule has 5 N–H and O–H groups in total. The third-order valence-corrected chi connectivity index (χ3v) is 3.98. The summed E-state index contributed by atoms with van der Waals surface area (Å²) in [6.45, 7) is 0.872. The summed E-state index contributed by atoms with van der Waals surface area (Å²) in [6, 6.07) is 6.40. The van der Waals surface area contributed by atoms with Crippen LogP contribution in [0.15, 0.2) is 28.7 Å². The van der Waals surface area contributed by atoms with Gasteiger partial charge in [0.25, 0.3) is 0 Å². The van der Waals surface area contributed by atoms with Gasteiger partial charge < -0.3 is 30.7 Å². The molecule has 0 radical (unpaired) electrons. The fraction of sp³-hybridized carbons (Fsp3) is 0.500. The highest BCUT2D eigenvalue weighted by molar-refractivity contribution is 9.10. The number of ether oxygens (including phenoxy) is 1. The van der Waals surface area contributed by atoms with Crippen molar-refractivity contribution in [3.63, 3.8) is 0 Å². The summed E-state index contributed by atoms with van der Waals surface area (Å²) in [6.07, 6.45) is -4.28. The number of hydrogen-bond acceptors (Lipinski definition) is 6. The van der Waals surface area contributed by atoms with Gasteiger partial charge in [-0.1, -0.05) is 15.9 Å². The van der Waals surface area contributed by atoms with Gasteiger partial charge in [-0.2, -0.15) is 0 Å². The zero-order chi connectivity index (χ0) is 16.3. The Hall–Kier alpha value is -1.19. The number of amides is 1. The Kier molecular flexibility index (Phi) is 5.76. The van der Waals surface area contributed by atoms with Crippen molar-refractivity contribution in [1.29, 1.82) is 0 Å². The first kappa shape index (κ1) is 17.2. The maximum absolute atomic E-state index is 11.3. The molecule has 0 unspecified atom stereocenters. The first-order valence-electron chi connectivity index (χ1n) is 6.84. The second-order valence-electron chi connectivity index (χ2n) is 5.14. The number of rotatable bonds is 4. The molecule has 0 spiro atoms. The standard InChI is InChI=1S/C14H19BrN2O5/c1-7(19)16-11-13(21)12(20)10(6-18)22-14(11)17-9-4-2-8(15)3-5-9/h2-5,10-14,17-18,20-21H,6H2,1H3,(H,16,19)/t10-,11-,12-,13-,14+/m0/s1. The zero-order valence-corrected chi connectivity index (χ0v) is 13.5. The minimum absolute atomic E-state index is 0.357. The highest BCUT2D eigenvalue weighted by Gasteiger charge is 2.44. The van der Waals surface area contributed by atoms with Gasteiger partial charge in [-0.3, -0.25) is 4.79 Å². The summed E-state index contributed by atoms with van der Waals surface area (Å²) in [7, 11) is 0. The molecule has 8 heteroatoms. The Morgan fingerprint density at radius 3 is 2.45 bits per heavy atom. The molecule has 1 fully saturated rings. The molecule has 22 heavy (non-hydrogen) atoms. The topological polar surface area (TPSA) is 111 Å². The van der Waals surface area contributed by atoms with Crippen LogP contribution in [0.1, 0.15) is 6.92 Å². The number of benzene rings is 1. The van der Waals surface area contributed by atoms with Gasteiger partial charge in [0.15, 0.2) is 6.23 Å². The van der Waals surface area contributed by atoms with Gasteiger partial charge >= 0.3 is 0 Å². The van der Waals surface area contributed by atoms with E-state index in [1.165, 1.54) is 6.92 Å². The lowest BCUT2D eigenvalue weighted by molar-refractivity contribution is -0.188. The van der Waals surface area contributed by atoms with Crippen LogP contribution in [0, 0.1) is 0 Å². The summed E-state index contributed by atoms with van der Waals surface area (Å²) in [4.78, 5) is 11.3. The summed E-state index contributed by atoms with van der Waals surface area (Å²) in [5, 5.41) is 34.9. The van der Waals surface area contributed by atoms with Crippen LogP contribution in [0.5, 0.6) is 0 Å². The SMILES string of the molecule is CC(=O)N[C@H]1[C@H](O)[C@@H](O)[C@H](CO)O[C@H]1Nc1ccc(Br)cc1. The molecule has 1 aromatic carbocycles. The number of halogens is 1. The Balaban J connectivity index is 2.18. The Morgan fingerprint density at radius 1 is 1.27 bits per heavy atom. The van der Waals surface area contributed by atoms with Gasteiger partial charge in [-0.25, -0.2) is 0 Å². The predicted molar refractivity (Wildman–Crippen MR) is 83.1 cm³/mol. The quantitative estimate of drug-likeness (QED) is 0.499. The lowest BCUT2D eigenvalue weighted by atomic mass is 9.96. The van der Waals surface area contributed by atoms with Crippen molar-refractivity contribution in [2.24, 2.45) is 0 Å². The predicted octanol–water partition coefficient (Wildman–Crippen LogP) is -0.195. The minimum atomic E-state index is -1.29. The van der Waals surface area contributed by atoms with E-state index in [0.29, 0.717) is 5.69 Å². The molecule has 1 saturated heterocycles. The number of anilines is 1. The van der Waals surface area contributed by atoms with E-state index in [4.69, 9.17) is 4.74 Å². The normalized spacial score (nSPS) is 31.6. The second kappa shape index (κ2) is 7.38. The van der Waals surface area contributed by atoms with Gasteiger partial charge in [-0.05, 0) is 24.3 Å². The van der Waals surface area contributed by atoms with Crippen LogP contribution >= 0.6 is 15.9 Å². The van der Waals surface area contributed by atoms with Crippen LogP contribution in [0.4, 0.5) is 5.69 Å². The molecule has 1 aromatic rings. The molecular weight excluding hydrogens is 356 g/mol. The van der Waals surface area contributed by atoms with E-state index >= 15 is 0 Å². The summed E-state index contributed by atoms with van der Waals surface area (Å²) in [5.74, 6) is -0.357. The smallest absolute Gasteiger partial charge is 0.217 e. The monoisotopic (exact) mass is 374 g/mol. The Bertz CT molecular complexity index is 512. The lowest BCUT2D eigenvalue weighted by Crippen LogP contribution is -2.65. The molecule has 0 bridgehead atoms. The van der Waals surface area contributed by atoms with Crippen molar-refractivity contribution in [2.45, 2.75) is 37.5 Å². The summed E-state index contributed by atoms with van der Waals surface area (Å²) in [5.41, 5.74) is 0.712. The molecule has 0 aromatic heterocycles. The Morgan fingerprint density at radius 2 is 1.91 bits per heavy atom. The first-order valence-corrected chi connectivity index (χ1v) is 7.63. The third kappa shape index (κ3) is 3.96. The molecule has 1 aliphatic rings. The van der Waals surface area contributed by atoms with Gasteiger partial charge in [0.1, 0.15) is 24.4 Å². The van der Waals surface area contributed by atoms with Gasteiger partial charge in [-0.15, -0.1) is 0 Å². The lowest BCUT2D eigenvalue weighted by Gasteiger charge is -2.43. The fourth-order valence-electron chi connectivity index (χ4n) is 2.35. The third-order valence-electron chi connectivity index (χ3n) is 3.45. The second-order valence-corrected chi connectivity index (χ2v) is 6.05. The first-order chi connectivity index (χ1) is 10.4. The number of aliphatic hydroxyl groups excluding tert-OH is 3. The minimum Gasteiger partial charge on any atom is -0.394 e.